The Kier molecular flexibility index (Phi) is 12.9. The summed E-state index contributed by atoms with van der Waals surface area (Å²) in [7, 11) is 3.55. The molecule has 1 aliphatic heterocycles. The van der Waals surface area contributed by atoms with Crippen LogP contribution in [0, 0.1) is 5.92 Å². The second kappa shape index (κ2) is 17.1. The zero-order valence-corrected chi connectivity index (χ0v) is 27.1. The Bertz CT molecular complexity index is 1400. The van der Waals surface area contributed by atoms with Gasteiger partial charge in [0, 0.05) is 48.7 Å². The van der Waals surface area contributed by atoms with E-state index in [0.29, 0.717) is 24.7 Å². The number of urea groups is 1. The second-order valence-electron chi connectivity index (χ2n) is 11.4. The number of rotatable bonds is 14. The third kappa shape index (κ3) is 9.60. The van der Waals surface area contributed by atoms with Crippen LogP contribution < -0.4 is 20.7 Å². The van der Waals surface area contributed by atoms with Gasteiger partial charge in [0.05, 0.1) is 19.8 Å². The number of hydrogen-bond acceptors (Lipinski definition) is 5. The van der Waals surface area contributed by atoms with E-state index in [-0.39, 0.29) is 31.1 Å². The van der Waals surface area contributed by atoms with E-state index in [2.05, 4.69) is 41.1 Å². The molecule has 0 saturated carbocycles. The van der Waals surface area contributed by atoms with Crippen LogP contribution in [-0.4, -0.2) is 75.1 Å². The lowest BCUT2D eigenvalue weighted by Crippen LogP contribution is -2.50. The molecule has 3 aromatic rings. The molecule has 1 fully saturated rings. The monoisotopic (exact) mass is 636 g/mol. The van der Waals surface area contributed by atoms with Gasteiger partial charge in [0.2, 0.25) is 0 Å². The molecule has 0 radical (unpaired) electrons. The van der Waals surface area contributed by atoms with Gasteiger partial charge in [-0.1, -0.05) is 67.1 Å². The van der Waals surface area contributed by atoms with E-state index in [1.54, 1.807) is 7.11 Å². The summed E-state index contributed by atoms with van der Waals surface area (Å²) < 4.78 is 11.7. The van der Waals surface area contributed by atoms with Crippen molar-refractivity contribution in [1.29, 1.82) is 0 Å². The number of hydrogen-bond donors (Lipinski definition) is 4. The maximum atomic E-state index is 13.4. The molecule has 0 bridgehead atoms. The number of nitrogens with one attached hydrogen (secondary N) is 3. The van der Waals surface area contributed by atoms with Crippen LogP contribution in [0.15, 0.2) is 66.7 Å². The summed E-state index contributed by atoms with van der Waals surface area (Å²) in [5.74, 6) is 0.799. The fourth-order valence-electron chi connectivity index (χ4n) is 5.94. The van der Waals surface area contributed by atoms with Crippen molar-refractivity contribution in [3.63, 3.8) is 0 Å². The summed E-state index contributed by atoms with van der Waals surface area (Å²) in [5, 5.41) is 18.5. The fourth-order valence-corrected chi connectivity index (χ4v) is 6.23. The van der Waals surface area contributed by atoms with Crippen molar-refractivity contribution >= 4 is 23.7 Å². The largest absolute Gasteiger partial charge is 0.497 e. The van der Waals surface area contributed by atoms with Gasteiger partial charge in [0.15, 0.2) is 0 Å². The van der Waals surface area contributed by atoms with E-state index in [0.717, 1.165) is 53.7 Å². The number of carbonyl (C=O) groups excluding carboxylic acids is 1. The van der Waals surface area contributed by atoms with E-state index in [1.165, 1.54) is 5.56 Å². The Hall–Kier alpha value is -3.79. The molecule has 3 aromatic carbocycles. The normalized spacial score (nSPS) is 16.1. The highest BCUT2D eigenvalue weighted by Crippen LogP contribution is 2.41. The van der Waals surface area contributed by atoms with Crippen LogP contribution in [0.1, 0.15) is 42.6 Å². The summed E-state index contributed by atoms with van der Waals surface area (Å²) in [6, 6.07) is 22.1. The molecular formula is C35H45ClN4O5. The summed E-state index contributed by atoms with van der Waals surface area (Å²) in [6.45, 7) is 4.11. The number of piperidine rings is 1. The minimum atomic E-state index is -1.10. The van der Waals surface area contributed by atoms with Gasteiger partial charge in [-0.2, -0.15) is 0 Å². The van der Waals surface area contributed by atoms with Crippen molar-refractivity contribution < 1.29 is 24.2 Å². The smallest absolute Gasteiger partial charge is 0.404 e. The van der Waals surface area contributed by atoms with Crippen molar-refractivity contribution in [2.75, 3.05) is 46.9 Å². The quantitative estimate of drug-likeness (QED) is 0.158. The minimum Gasteiger partial charge on any atom is -0.497 e. The average Bonchev–Trinajstić information content (AvgIpc) is 3.06. The molecular weight excluding hydrogens is 592 g/mol. The second-order valence-corrected chi connectivity index (χ2v) is 11.8. The number of benzene rings is 3. The number of likely N-dealkylation sites (N-methyl/N-ethyl adjacent to an activating group) is 1. The van der Waals surface area contributed by atoms with Crippen molar-refractivity contribution in [2.45, 2.75) is 44.8 Å². The summed E-state index contributed by atoms with van der Waals surface area (Å²) in [6.07, 6.45) is 1.86. The molecule has 0 aromatic heterocycles. The molecule has 0 spiro atoms. The van der Waals surface area contributed by atoms with Crippen molar-refractivity contribution in [3.05, 3.63) is 88.4 Å². The predicted molar refractivity (Wildman–Crippen MR) is 178 cm³/mol. The first-order valence-electron chi connectivity index (χ1n) is 15.6. The molecule has 1 heterocycles. The van der Waals surface area contributed by atoms with Gasteiger partial charge in [-0.25, -0.2) is 9.59 Å². The van der Waals surface area contributed by atoms with Crippen molar-refractivity contribution in [1.82, 2.24) is 20.9 Å². The SMILES string of the molecule is CCc1cccc(-c2c(Cl)cccc2C(OCCNC(=O)O)[C@@H]2CCCN(C(=O)NC[C@@H](Cc3ccc(OC)cc3)NC)C2)c1. The Morgan fingerprint density at radius 3 is 2.56 bits per heavy atom. The van der Waals surface area contributed by atoms with Crippen LogP contribution in [0.5, 0.6) is 5.75 Å². The third-order valence-corrected chi connectivity index (χ3v) is 8.69. The van der Waals surface area contributed by atoms with Gasteiger partial charge >= 0.3 is 12.1 Å². The Morgan fingerprint density at radius 2 is 1.84 bits per heavy atom. The van der Waals surface area contributed by atoms with Crippen LogP contribution >= 0.6 is 11.6 Å². The van der Waals surface area contributed by atoms with Gasteiger partial charge in [-0.15, -0.1) is 0 Å². The lowest BCUT2D eigenvalue weighted by atomic mass is 9.84. The van der Waals surface area contributed by atoms with Crippen LogP contribution in [0.4, 0.5) is 9.59 Å². The van der Waals surface area contributed by atoms with Gasteiger partial charge < -0.3 is 35.4 Å². The number of ether oxygens (including phenoxy) is 2. The molecule has 1 unspecified atom stereocenters. The first-order chi connectivity index (χ1) is 21.8. The number of aryl methyl sites for hydroxylation is 1. The van der Waals surface area contributed by atoms with E-state index in [1.807, 2.05) is 60.5 Å². The molecule has 242 valence electrons. The van der Waals surface area contributed by atoms with Crippen LogP contribution in [-0.2, 0) is 17.6 Å². The predicted octanol–water partition coefficient (Wildman–Crippen LogP) is 6.16. The fraction of sp³-hybridized carbons (Fsp3) is 0.429. The minimum absolute atomic E-state index is 0.0136. The molecule has 4 rings (SSSR count). The lowest BCUT2D eigenvalue weighted by Gasteiger charge is -2.38. The number of likely N-dealkylation sites (tertiary alicyclic amines) is 1. The lowest BCUT2D eigenvalue weighted by molar-refractivity contribution is -0.00802. The van der Waals surface area contributed by atoms with Gasteiger partial charge in [0.25, 0.3) is 0 Å². The van der Waals surface area contributed by atoms with Gasteiger partial charge in [0.1, 0.15) is 5.75 Å². The molecule has 0 aliphatic carbocycles. The van der Waals surface area contributed by atoms with Gasteiger partial charge in [-0.3, -0.25) is 0 Å². The number of amides is 3. The summed E-state index contributed by atoms with van der Waals surface area (Å²) >= 11 is 6.85. The Labute approximate surface area is 271 Å². The van der Waals surface area contributed by atoms with E-state index in [4.69, 9.17) is 26.2 Å². The topological polar surface area (TPSA) is 112 Å². The van der Waals surface area contributed by atoms with Crippen LogP contribution in [0.2, 0.25) is 5.02 Å². The van der Waals surface area contributed by atoms with Crippen LogP contribution in [0.3, 0.4) is 0 Å². The molecule has 45 heavy (non-hydrogen) atoms. The molecule has 3 amide bonds. The third-order valence-electron chi connectivity index (χ3n) is 8.37. The maximum Gasteiger partial charge on any atom is 0.404 e. The maximum absolute atomic E-state index is 13.4. The van der Waals surface area contributed by atoms with E-state index >= 15 is 0 Å². The highest BCUT2D eigenvalue weighted by Gasteiger charge is 2.33. The molecule has 9 nitrogen and oxygen atoms in total. The number of methoxy groups -OCH3 is 1. The molecule has 3 atom stereocenters. The molecule has 1 saturated heterocycles. The molecule has 4 N–H and O–H groups in total. The van der Waals surface area contributed by atoms with Gasteiger partial charge in [-0.05, 0) is 73.2 Å². The summed E-state index contributed by atoms with van der Waals surface area (Å²) in [5.41, 5.74) is 5.21. The number of nitrogens with zero attached hydrogens (tertiary/aromatic N) is 1. The van der Waals surface area contributed by atoms with E-state index < -0.39 is 12.2 Å². The Morgan fingerprint density at radius 1 is 1.07 bits per heavy atom. The van der Waals surface area contributed by atoms with Crippen molar-refractivity contribution in [2.24, 2.45) is 5.92 Å². The number of halogens is 1. The average molecular weight is 637 g/mol. The zero-order valence-electron chi connectivity index (χ0n) is 26.4. The number of carbonyl (C=O) groups is 2. The zero-order chi connectivity index (χ0) is 32.2. The molecule has 1 aliphatic rings. The van der Waals surface area contributed by atoms with Crippen LogP contribution in [0.25, 0.3) is 11.1 Å². The summed E-state index contributed by atoms with van der Waals surface area (Å²) in [4.78, 5) is 26.4. The highest BCUT2D eigenvalue weighted by atomic mass is 35.5. The first-order valence-corrected chi connectivity index (χ1v) is 16.0. The highest BCUT2D eigenvalue weighted by molar-refractivity contribution is 6.33. The Balaban J connectivity index is 1.50. The van der Waals surface area contributed by atoms with Crippen molar-refractivity contribution in [3.8, 4) is 16.9 Å². The van der Waals surface area contributed by atoms with E-state index in [9.17, 15) is 9.59 Å². The first kappa shape index (κ1) is 34.1. The molecule has 10 heteroatoms. The standard InChI is InChI=1S/C35H45ClN4O5/c1-4-24-8-5-9-26(20-24)32-30(11-6-12-31(32)36)33(45-19-17-38-35(42)43)27-10-7-18-40(23-27)34(41)39-22-28(37-2)21-25-13-15-29(44-3)16-14-25/h5-6,8-9,11-16,20,27-28,33,37-38H,4,7,10,17-19,21-23H2,1-3H3,(H,39,41)(H,42,43)/t27-,28-,33?/m1/s1. The number of carboxylic acid groups (broad SMARTS) is 1.